The molecule has 0 aromatic carbocycles. The Hall–Kier alpha value is 0.350. The molecule has 0 radical (unpaired) electrons. The largest absolute Gasteiger partial charge is 0.357 e. The molecule has 0 heterocycles. The highest BCUT2D eigenvalue weighted by Crippen LogP contribution is 2.08. The first kappa shape index (κ1) is 19.7. The van der Waals surface area contributed by atoms with Gasteiger partial charge in [0.05, 0.1) is 0 Å². The zero-order valence-electron chi connectivity index (χ0n) is 11.6. The molecule has 5 heteroatoms. The Bertz CT molecular complexity index is 179. The van der Waals surface area contributed by atoms with Crippen molar-refractivity contribution in [3.8, 4) is 0 Å². The Kier molecular flexibility index (Phi) is 16.7. The Morgan fingerprint density at radius 1 is 1.18 bits per heavy atom. The van der Waals surface area contributed by atoms with Crippen LogP contribution >= 0.6 is 35.7 Å². The normalized spacial score (nSPS) is 9.71. The topological polar surface area (TPSA) is 36.4 Å². The van der Waals surface area contributed by atoms with Gasteiger partial charge >= 0.3 is 0 Å². The lowest BCUT2D eigenvalue weighted by Gasteiger charge is -2.09. The van der Waals surface area contributed by atoms with Gasteiger partial charge in [0.15, 0.2) is 5.96 Å². The van der Waals surface area contributed by atoms with Crippen molar-refractivity contribution in [2.75, 3.05) is 31.1 Å². The van der Waals surface area contributed by atoms with Crippen molar-refractivity contribution in [3.05, 3.63) is 0 Å². The molecule has 0 aromatic rings. The lowest BCUT2D eigenvalue weighted by molar-refractivity contribution is 0.749. The minimum Gasteiger partial charge on any atom is -0.357 e. The summed E-state index contributed by atoms with van der Waals surface area (Å²) in [6.07, 6.45) is 1.16. The zero-order valence-corrected chi connectivity index (χ0v) is 14.7. The van der Waals surface area contributed by atoms with Crippen LogP contribution in [0.2, 0.25) is 0 Å². The summed E-state index contributed by atoms with van der Waals surface area (Å²) in [5, 5.41) is 6.45. The molecule has 0 aliphatic rings. The van der Waals surface area contributed by atoms with Gasteiger partial charge in [0.2, 0.25) is 0 Å². The summed E-state index contributed by atoms with van der Waals surface area (Å²) in [5.74, 6) is 4.22. The standard InChI is InChI=1S/C12H27N3S.HI/c1-5-13-12(14-6-2)15-8-7-9-16-10-11(3)4;/h11H,5-10H2,1-4H3,(H2,13,14,15);1H. The van der Waals surface area contributed by atoms with Crippen molar-refractivity contribution in [3.63, 3.8) is 0 Å². The molecule has 3 nitrogen and oxygen atoms in total. The minimum atomic E-state index is 0. The molecule has 0 unspecified atom stereocenters. The second-order valence-corrected chi connectivity index (χ2v) is 5.26. The summed E-state index contributed by atoms with van der Waals surface area (Å²) in [5.41, 5.74) is 0. The van der Waals surface area contributed by atoms with E-state index in [0.717, 1.165) is 37.9 Å². The maximum absolute atomic E-state index is 4.50. The predicted octanol–water partition coefficient (Wildman–Crippen LogP) is 2.96. The quantitative estimate of drug-likeness (QED) is 0.297. The van der Waals surface area contributed by atoms with Crippen LogP contribution < -0.4 is 10.6 Å². The molecule has 0 rings (SSSR count). The highest BCUT2D eigenvalue weighted by Gasteiger charge is 1.95. The second-order valence-electron chi connectivity index (χ2n) is 4.11. The summed E-state index contributed by atoms with van der Waals surface area (Å²) in [4.78, 5) is 4.50. The van der Waals surface area contributed by atoms with E-state index in [0.29, 0.717) is 0 Å². The number of hydrogen-bond acceptors (Lipinski definition) is 2. The van der Waals surface area contributed by atoms with Gasteiger partial charge in [-0.05, 0) is 37.7 Å². The van der Waals surface area contributed by atoms with Gasteiger partial charge in [-0.1, -0.05) is 13.8 Å². The number of nitrogens with one attached hydrogen (secondary N) is 2. The maximum atomic E-state index is 4.50. The van der Waals surface area contributed by atoms with Crippen molar-refractivity contribution >= 4 is 41.7 Å². The van der Waals surface area contributed by atoms with Crippen LogP contribution in [-0.4, -0.2) is 37.1 Å². The van der Waals surface area contributed by atoms with Crippen molar-refractivity contribution in [2.45, 2.75) is 34.1 Å². The third-order valence-corrected chi connectivity index (χ3v) is 3.34. The Labute approximate surface area is 128 Å². The molecule has 0 aliphatic heterocycles. The first-order chi connectivity index (χ1) is 7.70. The number of aliphatic imine (C=N–C) groups is 1. The average molecular weight is 373 g/mol. The minimum absolute atomic E-state index is 0. The van der Waals surface area contributed by atoms with Gasteiger partial charge in [0.1, 0.15) is 0 Å². The lowest BCUT2D eigenvalue weighted by Crippen LogP contribution is -2.37. The van der Waals surface area contributed by atoms with Crippen LogP contribution in [0.15, 0.2) is 4.99 Å². The van der Waals surface area contributed by atoms with Gasteiger partial charge in [0.25, 0.3) is 0 Å². The van der Waals surface area contributed by atoms with Gasteiger partial charge in [-0.2, -0.15) is 11.8 Å². The predicted molar refractivity (Wildman–Crippen MR) is 91.9 cm³/mol. The fourth-order valence-corrected chi connectivity index (χ4v) is 2.16. The van der Waals surface area contributed by atoms with Gasteiger partial charge in [-0.15, -0.1) is 24.0 Å². The van der Waals surface area contributed by atoms with E-state index in [9.17, 15) is 0 Å². The molecule has 0 saturated carbocycles. The second kappa shape index (κ2) is 14.4. The van der Waals surface area contributed by atoms with Gasteiger partial charge in [-0.25, -0.2) is 0 Å². The molecular formula is C12H28IN3S. The smallest absolute Gasteiger partial charge is 0.191 e. The van der Waals surface area contributed by atoms with Gasteiger partial charge in [0, 0.05) is 19.6 Å². The highest BCUT2D eigenvalue weighted by atomic mass is 127. The van der Waals surface area contributed by atoms with Crippen LogP contribution in [-0.2, 0) is 0 Å². The molecule has 0 aliphatic carbocycles. The Morgan fingerprint density at radius 3 is 2.24 bits per heavy atom. The molecule has 0 spiro atoms. The molecule has 104 valence electrons. The van der Waals surface area contributed by atoms with E-state index < -0.39 is 0 Å². The average Bonchev–Trinajstić information content (AvgIpc) is 2.23. The summed E-state index contributed by atoms with van der Waals surface area (Å²) < 4.78 is 0. The molecule has 0 bridgehead atoms. The molecule has 0 fully saturated rings. The van der Waals surface area contributed by atoms with Crippen molar-refractivity contribution in [1.82, 2.24) is 10.6 Å². The van der Waals surface area contributed by atoms with E-state index in [1.165, 1.54) is 11.5 Å². The summed E-state index contributed by atoms with van der Waals surface area (Å²) in [6, 6.07) is 0. The van der Waals surface area contributed by atoms with E-state index in [4.69, 9.17) is 0 Å². The van der Waals surface area contributed by atoms with E-state index in [-0.39, 0.29) is 24.0 Å². The number of rotatable bonds is 8. The van der Waals surface area contributed by atoms with E-state index >= 15 is 0 Å². The van der Waals surface area contributed by atoms with Crippen LogP contribution in [0.3, 0.4) is 0 Å². The number of nitrogens with zero attached hydrogens (tertiary/aromatic N) is 1. The van der Waals surface area contributed by atoms with E-state index in [1.54, 1.807) is 0 Å². The monoisotopic (exact) mass is 373 g/mol. The molecule has 0 aromatic heterocycles. The molecule has 0 amide bonds. The summed E-state index contributed by atoms with van der Waals surface area (Å²) in [6.45, 7) is 11.5. The van der Waals surface area contributed by atoms with Crippen LogP contribution in [0, 0.1) is 5.92 Å². The Balaban J connectivity index is 0. The molecule has 0 atom stereocenters. The molecule has 0 saturated heterocycles. The number of guanidine groups is 1. The fourth-order valence-electron chi connectivity index (χ4n) is 1.19. The first-order valence-corrected chi connectivity index (χ1v) is 7.46. The maximum Gasteiger partial charge on any atom is 0.191 e. The summed E-state index contributed by atoms with van der Waals surface area (Å²) in [7, 11) is 0. The van der Waals surface area contributed by atoms with Crippen LogP contribution in [0.25, 0.3) is 0 Å². The van der Waals surface area contributed by atoms with Crippen LogP contribution in [0.1, 0.15) is 34.1 Å². The third kappa shape index (κ3) is 14.3. The van der Waals surface area contributed by atoms with Gasteiger partial charge in [-0.3, -0.25) is 4.99 Å². The van der Waals surface area contributed by atoms with E-state index in [2.05, 4.69) is 43.3 Å². The fraction of sp³-hybridized carbons (Fsp3) is 0.917. The number of halogens is 1. The first-order valence-electron chi connectivity index (χ1n) is 6.30. The van der Waals surface area contributed by atoms with Crippen molar-refractivity contribution in [1.29, 1.82) is 0 Å². The summed E-state index contributed by atoms with van der Waals surface area (Å²) >= 11 is 2.03. The molecular weight excluding hydrogens is 345 g/mol. The third-order valence-electron chi connectivity index (χ3n) is 1.86. The van der Waals surface area contributed by atoms with Crippen LogP contribution in [0.4, 0.5) is 0 Å². The van der Waals surface area contributed by atoms with E-state index in [1.807, 2.05) is 11.8 Å². The highest BCUT2D eigenvalue weighted by molar-refractivity contribution is 14.0. The zero-order chi connectivity index (χ0) is 12.2. The number of hydrogen-bond donors (Lipinski definition) is 2. The SMILES string of the molecule is CCNC(=NCCCSCC(C)C)NCC.I. The molecule has 17 heavy (non-hydrogen) atoms. The van der Waals surface area contributed by atoms with Crippen molar-refractivity contribution < 1.29 is 0 Å². The lowest BCUT2D eigenvalue weighted by atomic mass is 10.3. The van der Waals surface area contributed by atoms with Gasteiger partial charge < -0.3 is 10.6 Å². The number of thioether (sulfide) groups is 1. The van der Waals surface area contributed by atoms with Crippen molar-refractivity contribution in [2.24, 2.45) is 10.9 Å². The Morgan fingerprint density at radius 2 is 1.76 bits per heavy atom. The molecule has 2 N–H and O–H groups in total. The van der Waals surface area contributed by atoms with Crippen LogP contribution in [0.5, 0.6) is 0 Å².